The summed E-state index contributed by atoms with van der Waals surface area (Å²) in [5.41, 5.74) is 0. The van der Waals surface area contributed by atoms with Gasteiger partial charge in [-0.1, -0.05) is 0 Å². The summed E-state index contributed by atoms with van der Waals surface area (Å²) in [5.74, 6) is 0.774. The molecule has 2 nitrogen and oxygen atoms in total. The molecule has 2 rings (SSSR count). The number of hydrogen-bond donors (Lipinski definition) is 1. The second kappa shape index (κ2) is 4.31. The van der Waals surface area contributed by atoms with E-state index >= 15 is 0 Å². The molecule has 0 aromatic carbocycles. The van der Waals surface area contributed by atoms with Gasteiger partial charge in [-0.15, -0.1) is 11.3 Å². The molecule has 1 aromatic rings. The Labute approximate surface area is 97.4 Å². The van der Waals surface area contributed by atoms with Crippen molar-refractivity contribution in [3.8, 4) is 0 Å². The zero-order valence-corrected chi connectivity index (χ0v) is 10.9. The Morgan fingerprint density at radius 2 is 2.21 bits per heavy atom. The van der Waals surface area contributed by atoms with Crippen molar-refractivity contribution in [2.45, 2.75) is 6.04 Å². The molecule has 0 amide bonds. The largest absolute Gasteiger partial charge is 0.316 e. The van der Waals surface area contributed by atoms with Gasteiger partial charge in [0.15, 0.2) is 0 Å². The molecular weight excluding hydrogens is 260 g/mol. The van der Waals surface area contributed by atoms with Crippen LogP contribution in [0.2, 0.25) is 0 Å². The minimum absolute atomic E-state index is 0.576. The molecule has 1 N–H and O–H groups in total. The van der Waals surface area contributed by atoms with Gasteiger partial charge < -0.3 is 10.2 Å². The van der Waals surface area contributed by atoms with Gasteiger partial charge in [-0.25, -0.2) is 0 Å². The van der Waals surface area contributed by atoms with Crippen molar-refractivity contribution in [1.82, 2.24) is 10.2 Å². The fraction of sp³-hybridized carbons (Fsp3) is 0.600. The van der Waals surface area contributed by atoms with Crippen LogP contribution in [-0.4, -0.2) is 32.1 Å². The zero-order chi connectivity index (χ0) is 10.1. The molecule has 0 spiro atoms. The Balaban J connectivity index is 2.17. The van der Waals surface area contributed by atoms with Crippen molar-refractivity contribution in [3.63, 3.8) is 0 Å². The smallest absolute Gasteiger partial charge is 0.0701 e. The fourth-order valence-corrected chi connectivity index (χ4v) is 3.64. The van der Waals surface area contributed by atoms with Gasteiger partial charge in [0.1, 0.15) is 0 Å². The highest BCUT2D eigenvalue weighted by Crippen LogP contribution is 2.35. The Hall–Kier alpha value is 0.1000. The lowest BCUT2D eigenvalue weighted by atomic mass is 9.92. The van der Waals surface area contributed by atoms with Crippen molar-refractivity contribution >= 4 is 27.3 Å². The number of nitrogens with zero attached hydrogens (tertiary/aromatic N) is 1. The summed E-state index contributed by atoms with van der Waals surface area (Å²) in [6, 6.07) is 4.95. The van der Waals surface area contributed by atoms with Gasteiger partial charge in [0.05, 0.1) is 3.79 Å². The van der Waals surface area contributed by atoms with Crippen molar-refractivity contribution < 1.29 is 0 Å². The van der Waals surface area contributed by atoms with E-state index in [1.807, 2.05) is 11.3 Å². The molecule has 1 fully saturated rings. The van der Waals surface area contributed by atoms with E-state index in [2.05, 4.69) is 52.4 Å². The van der Waals surface area contributed by atoms with Crippen LogP contribution in [0.1, 0.15) is 10.9 Å². The molecule has 0 bridgehead atoms. The highest BCUT2D eigenvalue weighted by atomic mass is 79.9. The third-order valence-corrected chi connectivity index (χ3v) is 4.40. The van der Waals surface area contributed by atoms with Gasteiger partial charge in [0, 0.05) is 29.9 Å². The Kier molecular flexibility index (Phi) is 3.27. The monoisotopic (exact) mass is 274 g/mol. The Bertz CT molecular complexity index is 307. The average molecular weight is 275 g/mol. The first-order valence-corrected chi connectivity index (χ1v) is 6.42. The molecule has 1 aliphatic rings. The average Bonchev–Trinajstić information content (AvgIpc) is 2.42. The normalized spacial score (nSPS) is 19.7. The van der Waals surface area contributed by atoms with E-state index in [0.29, 0.717) is 6.04 Å². The number of thiophene rings is 1. The molecule has 4 heteroatoms. The van der Waals surface area contributed by atoms with Crippen molar-refractivity contribution in [2.24, 2.45) is 5.92 Å². The van der Waals surface area contributed by atoms with Gasteiger partial charge in [-0.3, -0.25) is 0 Å². The molecular formula is C10H15BrN2S. The van der Waals surface area contributed by atoms with Crippen LogP contribution < -0.4 is 5.32 Å². The van der Waals surface area contributed by atoms with Crippen LogP contribution >= 0.6 is 27.3 Å². The predicted molar refractivity (Wildman–Crippen MR) is 64.8 cm³/mol. The second-order valence-electron chi connectivity index (χ2n) is 3.97. The Morgan fingerprint density at radius 1 is 1.50 bits per heavy atom. The van der Waals surface area contributed by atoms with Crippen molar-refractivity contribution in [2.75, 3.05) is 27.2 Å². The number of rotatable bonds is 3. The molecule has 1 aromatic heterocycles. The first-order valence-electron chi connectivity index (χ1n) is 4.81. The molecule has 0 aliphatic carbocycles. The van der Waals surface area contributed by atoms with Crippen molar-refractivity contribution in [1.29, 1.82) is 0 Å². The second-order valence-corrected chi connectivity index (χ2v) is 6.46. The maximum atomic E-state index is 3.52. The van der Waals surface area contributed by atoms with E-state index < -0.39 is 0 Å². The predicted octanol–water partition coefficient (Wildman–Crippen LogP) is 2.33. The highest BCUT2D eigenvalue weighted by molar-refractivity contribution is 9.11. The number of hydrogen-bond acceptors (Lipinski definition) is 3. The van der Waals surface area contributed by atoms with E-state index in [9.17, 15) is 0 Å². The van der Waals surface area contributed by atoms with E-state index in [0.717, 1.165) is 19.0 Å². The minimum atomic E-state index is 0.576. The topological polar surface area (TPSA) is 15.3 Å². The maximum Gasteiger partial charge on any atom is 0.0701 e. The molecule has 1 saturated heterocycles. The quantitative estimate of drug-likeness (QED) is 0.910. The lowest BCUT2D eigenvalue weighted by Gasteiger charge is -2.38. The minimum Gasteiger partial charge on any atom is -0.316 e. The lowest BCUT2D eigenvalue weighted by molar-refractivity contribution is 0.164. The van der Waals surface area contributed by atoms with Gasteiger partial charge in [-0.05, 0) is 42.2 Å². The summed E-state index contributed by atoms with van der Waals surface area (Å²) >= 11 is 5.37. The van der Waals surface area contributed by atoms with E-state index in [4.69, 9.17) is 0 Å². The van der Waals surface area contributed by atoms with E-state index in [1.54, 1.807) is 0 Å². The van der Waals surface area contributed by atoms with Crippen LogP contribution in [0.25, 0.3) is 0 Å². The molecule has 2 heterocycles. The van der Waals surface area contributed by atoms with Gasteiger partial charge in [0.2, 0.25) is 0 Å². The van der Waals surface area contributed by atoms with Crippen LogP contribution in [0.4, 0.5) is 0 Å². The van der Waals surface area contributed by atoms with Crippen LogP contribution in [0.5, 0.6) is 0 Å². The third-order valence-electron chi connectivity index (χ3n) is 2.70. The lowest BCUT2D eigenvalue weighted by Crippen LogP contribution is -2.48. The highest BCUT2D eigenvalue weighted by Gasteiger charge is 2.30. The Morgan fingerprint density at radius 3 is 2.57 bits per heavy atom. The standard InChI is InChI=1S/C10H15BrN2S/c1-13(2)10(7-5-12-6-7)8-3-4-9(11)14-8/h3-4,7,10,12H,5-6H2,1-2H3. The fourth-order valence-electron chi connectivity index (χ4n) is 1.93. The third kappa shape index (κ3) is 2.03. The first kappa shape index (κ1) is 10.6. The SMILES string of the molecule is CN(C)C(c1ccc(Br)s1)C1CNC1. The first-order chi connectivity index (χ1) is 6.68. The van der Waals surface area contributed by atoms with Crippen LogP contribution in [-0.2, 0) is 0 Å². The van der Waals surface area contributed by atoms with Gasteiger partial charge in [-0.2, -0.15) is 0 Å². The summed E-state index contributed by atoms with van der Waals surface area (Å²) < 4.78 is 1.23. The zero-order valence-electron chi connectivity index (χ0n) is 8.46. The summed E-state index contributed by atoms with van der Waals surface area (Å²) in [5, 5.41) is 3.34. The molecule has 1 atom stereocenters. The van der Waals surface area contributed by atoms with Crippen LogP contribution in [0.15, 0.2) is 15.9 Å². The molecule has 0 radical (unpaired) electrons. The molecule has 14 heavy (non-hydrogen) atoms. The van der Waals surface area contributed by atoms with Crippen LogP contribution in [0.3, 0.4) is 0 Å². The molecule has 0 saturated carbocycles. The van der Waals surface area contributed by atoms with E-state index in [-0.39, 0.29) is 0 Å². The number of nitrogens with one attached hydrogen (secondary N) is 1. The van der Waals surface area contributed by atoms with Gasteiger partial charge >= 0.3 is 0 Å². The summed E-state index contributed by atoms with van der Waals surface area (Å²) in [4.78, 5) is 3.79. The summed E-state index contributed by atoms with van der Waals surface area (Å²) in [6.07, 6.45) is 0. The maximum absolute atomic E-state index is 3.52. The summed E-state index contributed by atoms with van der Waals surface area (Å²) in [6.45, 7) is 2.30. The van der Waals surface area contributed by atoms with E-state index in [1.165, 1.54) is 8.66 Å². The molecule has 1 unspecified atom stereocenters. The van der Waals surface area contributed by atoms with Gasteiger partial charge in [0.25, 0.3) is 0 Å². The van der Waals surface area contributed by atoms with Crippen LogP contribution in [0, 0.1) is 5.92 Å². The summed E-state index contributed by atoms with van der Waals surface area (Å²) in [7, 11) is 4.33. The molecule has 1 aliphatic heterocycles. The molecule has 78 valence electrons. The number of halogens is 1. The van der Waals surface area contributed by atoms with Crippen molar-refractivity contribution in [3.05, 3.63) is 20.8 Å².